The molecular weight excluding hydrogens is 296 g/mol. The van der Waals surface area contributed by atoms with Gasteiger partial charge < -0.3 is 5.32 Å². The number of nitrogens with one attached hydrogen (secondary N) is 1. The Labute approximate surface area is 142 Å². The number of nitriles is 1. The molecular formula is C21H20N2O. The van der Waals surface area contributed by atoms with Crippen LogP contribution in [0.3, 0.4) is 0 Å². The van der Waals surface area contributed by atoms with Crippen LogP contribution in [-0.2, 0) is 10.3 Å². The molecule has 3 rings (SSSR count). The normalized spacial score (nSPS) is 20.5. The first-order valence-corrected chi connectivity index (χ1v) is 8.03. The number of carbonyl (C=O) groups is 1. The lowest BCUT2D eigenvalue weighted by Crippen LogP contribution is -2.47. The van der Waals surface area contributed by atoms with Crippen LogP contribution in [0.4, 0.5) is 0 Å². The predicted octanol–water partition coefficient (Wildman–Crippen LogP) is 4.02. The van der Waals surface area contributed by atoms with Crippen LogP contribution in [0.15, 0.2) is 54.1 Å². The fourth-order valence-electron chi connectivity index (χ4n) is 3.15. The molecule has 2 aromatic rings. The van der Waals surface area contributed by atoms with Gasteiger partial charge in [0.1, 0.15) is 11.6 Å². The minimum Gasteiger partial charge on any atom is -0.342 e. The van der Waals surface area contributed by atoms with Crippen molar-refractivity contribution in [3.63, 3.8) is 0 Å². The summed E-state index contributed by atoms with van der Waals surface area (Å²) in [4.78, 5) is 12.5. The lowest BCUT2D eigenvalue weighted by atomic mass is 9.78. The van der Waals surface area contributed by atoms with Gasteiger partial charge in [-0.05, 0) is 37.5 Å². The molecule has 0 aliphatic carbocycles. The van der Waals surface area contributed by atoms with Gasteiger partial charge in [-0.15, -0.1) is 0 Å². The van der Waals surface area contributed by atoms with E-state index in [1.165, 1.54) is 5.56 Å². The summed E-state index contributed by atoms with van der Waals surface area (Å²) in [7, 11) is 0. The zero-order valence-electron chi connectivity index (χ0n) is 14.2. The lowest BCUT2D eigenvalue weighted by molar-refractivity contribution is -0.119. The monoisotopic (exact) mass is 316 g/mol. The van der Waals surface area contributed by atoms with E-state index in [4.69, 9.17) is 0 Å². The van der Waals surface area contributed by atoms with Crippen LogP contribution in [0.5, 0.6) is 0 Å². The molecule has 1 aliphatic heterocycles. The van der Waals surface area contributed by atoms with Crippen LogP contribution >= 0.6 is 0 Å². The number of hydrogen-bond acceptors (Lipinski definition) is 2. The third-order valence-corrected chi connectivity index (χ3v) is 4.65. The summed E-state index contributed by atoms with van der Waals surface area (Å²) >= 11 is 0. The van der Waals surface area contributed by atoms with E-state index < -0.39 is 5.54 Å². The first kappa shape index (κ1) is 16.0. The minimum absolute atomic E-state index is 0.212. The quantitative estimate of drug-likeness (QED) is 0.910. The Morgan fingerprint density at radius 2 is 1.54 bits per heavy atom. The number of carbonyl (C=O) groups excluding carboxylic acids is 1. The molecule has 0 fully saturated rings. The van der Waals surface area contributed by atoms with Gasteiger partial charge in [-0.1, -0.05) is 59.7 Å². The summed E-state index contributed by atoms with van der Waals surface area (Å²) in [5, 5.41) is 12.5. The predicted molar refractivity (Wildman–Crippen MR) is 95.0 cm³/mol. The SMILES string of the molecule is Cc1ccc(C2=C(C#N)C(=O)N[C@](C)(c3ccc(C)cc3)C2)cc1. The fraction of sp³-hybridized carbons (Fsp3) is 0.238. The molecule has 0 saturated carbocycles. The van der Waals surface area contributed by atoms with Gasteiger partial charge in [0.25, 0.3) is 5.91 Å². The molecule has 24 heavy (non-hydrogen) atoms. The van der Waals surface area contributed by atoms with Crippen LogP contribution in [-0.4, -0.2) is 5.91 Å². The maximum atomic E-state index is 12.5. The van der Waals surface area contributed by atoms with Crippen molar-refractivity contribution in [2.45, 2.75) is 32.7 Å². The van der Waals surface area contributed by atoms with Gasteiger partial charge in [0, 0.05) is 6.42 Å². The van der Waals surface area contributed by atoms with Crippen molar-refractivity contribution in [1.82, 2.24) is 5.32 Å². The molecule has 1 atom stereocenters. The van der Waals surface area contributed by atoms with E-state index in [-0.39, 0.29) is 11.5 Å². The molecule has 2 aromatic carbocycles. The van der Waals surface area contributed by atoms with E-state index in [1.54, 1.807) is 0 Å². The van der Waals surface area contributed by atoms with Crippen LogP contribution in [0.1, 0.15) is 35.6 Å². The Morgan fingerprint density at radius 3 is 2.08 bits per heavy atom. The van der Waals surface area contributed by atoms with Crippen molar-refractivity contribution in [2.75, 3.05) is 0 Å². The highest BCUT2D eigenvalue weighted by Crippen LogP contribution is 2.38. The van der Waals surface area contributed by atoms with Crippen LogP contribution in [0.25, 0.3) is 5.57 Å². The largest absolute Gasteiger partial charge is 0.342 e. The molecule has 0 aromatic heterocycles. The third kappa shape index (κ3) is 2.83. The summed E-state index contributed by atoms with van der Waals surface area (Å²) in [6.45, 7) is 6.07. The molecule has 0 radical (unpaired) electrons. The van der Waals surface area contributed by atoms with E-state index in [2.05, 4.69) is 11.4 Å². The first-order valence-electron chi connectivity index (χ1n) is 8.03. The van der Waals surface area contributed by atoms with E-state index in [0.717, 1.165) is 22.3 Å². The standard InChI is InChI=1S/C21H20N2O/c1-14-4-8-16(9-5-14)18-12-21(3,23-20(24)19(18)13-22)17-10-6-15(2)7-11-17/h4-11H,12H2,1-3H3,(H,23,24)/t21-/m0/s1. The molecule has 0 spiro atoms. The van der Waals surface area contributed by atoms with Gasteiger partial charge in [0.15, 0.2) is 0 Å². The van der Waals surface area contributed by atoms with Crippen LogP contribution in [0.2, 0.25) is 0 Å². The van der Waals surface area contributed by atoms with Crippen molar-refractivity contribution >= 4 is 11.5 Å². The second kappa shape index (κ2) is 5.98. The van der Waals surface area contributed by atoms with Crippen LogP contribution < -0.4 is 5.32 Å². The number of rotatable bonds is 2. The molecule has 1 amide bonds. The molecule has 120 valence electrons. The number of nitrogens with zero attached hydrogens (tertiary/aromatic N) is 1. The van der Waals surface area contributed by atoms with E-state index in [9.17, 15) is 10.1 Å². The van der Waals surface area contributed by atoms with Gasteiger partial charge in [-0.25, -0.2) is 0 Å². The number of benzene rings is 2. The van der Waals surface area contributed by atoms with Gasteiger partial charge in [0.2, 0.25) is 0 Å². The molecule has 0 bridgehead atoms. The molecule has 3 heteroatoms. The zero-order chi connectivity index (χ0) is 17.3. The molecule has 3 nitrogen and oxygen atoms in total. The van der Waals surface area contributed by atoms with Gasteiger partial charge >= 0.3 is 0 Å². The number of hydrogen-bond donors (Lipinski definition) is 1. The number of aryl methyl sites for hydroxylation is 2. The van der Waals surface area contributed by atoms with Gasteiger partial charge in [-0.2, -0.15) is 5.26 Å². The highest BCUT2D eigenvalue weighted by Gasteiger charge is 2.37. The van der Waals surface area contributed by atoms with E-state index in [1.807, 2.05) is 69.3 Å². The number of amides is 1. The summed E-state index contributed by atoms with van der Waals surface area (Å²) in [5.41, 5.74) is 4.81. The molecule has 1 heterocycles. The maximum absolute atomic E-state index is 12.5. The Bertz CT molecular complexity index is 854. The van der Waals surface area contributed by atoms with Crippen molar-refractivity contribution < 1.29 is 4.79 Å². The summed E-state index contributed by atoms with van der Waals surface area (Å²) < 4.78 is 0. The fourth-order valence-corrected chi connectivity index (χ4v) is 3.15. The topological polar surface area (TPSA) is 52.9 Å². The Hall–Kier alpha value is -2.86. The first-order chi connectivity index (χ1) is 11.4. The summed E-state index contributed by atoms with van der Waals surface area (Å²) in [6, 6.07) is 18.2. The van der Waals surface area contributed by atoms with Crippen molar-refractivity contribution in [3.05, 3.63) is 76.4 Å². The van der Waals surface area contributed by atoms with Crippen LogP contribution in [0, 0.1) is 25.2 Å². The Kier molecular flexibility index (Phi) is 3.99. The average molecular weight is 316 g/mol. The third-order valence-electron chi connectivity index (χ3n) is 4.65. The van der Waals surface area contributed by atoms with E-state index in [0.29, 0.717) is 6.42 Å². The smallest absolute Gasteiger partial charge is 0.262 e. The average Bonchev–Trinajstić information content (AvgIpc) is 2.55. The van der Waals surface area contributed by atoms with E-state index >= 15 is 0 Å². The Morgan fingerprint density at radius 1 is 1.00 bits per heavy atom. The van der Waals surface area contributed by atoms with Gasteiger partial charge in [-0.3, -0.25) is 4.79 Å². The zero-order valence-corrected chi connectivity index (χ0v) is 14.2. The van der Waals surface area contributed by atoms with Gasteiger partial charge in [0.05, 0.1) is 5.54 Å². The molecule has 1 N–H and O–H groups in total. The van der Waals surface area contributed by atoms with Crippen molar-refractivity contribution in [1.29, 1.82) is 5.26 Å². The second-order valence-corrected chi connectivity index (χ2v) is 6.66. The highest BCUT2D eigenvalue weighted by molar-refractivity contribution is 6.07. The summed E-state index contributed by atoms with van der Waals surface area (Å²) in [5.74, 6) is -0.303. The maximum Gasteiger partial charge on any atom is 0.262 e. The second-order valence-electron chi connectivity index (χ2n) is 6.66. The highest BCUT2D eigenvalue weighted by atomic mass is 16.1. The summed E-state index contributed by atoms with van der Waals surface area (Å²) in [6.07, 6.45) is 0.591. The lowest BCUT2D eigenvalue weighted by Gasteiger charge is -2.36. The molecule has 1 aliphatic rings. The molecule has 0 saturated heterocycles. The van der Waals surface area contributed by atoms with Crippen molar-refractivity contribution in [2.24, 2.45) is 0 Å². The Balaban J connectivity index is 2.09. The van der Waals surface area contributed by atoms with Crippen molar-refractivity contribution in [3.8, 4) is 6.07 Å². The minimum atomic E-state index is -0.522. The molecule has 0 unspecified atom stereocenters.